The highest BCUT2D eigenvalue weighted by Gasteiger charge is 2.35. The minimum absolute atomic E-state index is 0.100. The lowest BCUT2D eigenvalue weighted by Crippen LogP contribution is -2.39. The lowest BCUT2D eigenvalue weighted by Gasteiger charge is -2.40. The van der Waals surface area contributed by atoms with E-state index in [1.54, 1.807) is 6.92 Å². The topological polar surface area (TPSA) is 68.7 Å². The fourth-order valence-corrected chi connectivity index (χ4v) is 4.39. The number of piperidine rings is 1. The van der Waals surface area contributed by atoms with Crippen LogP contribution in [0.4, 0.5) is 5.69 Å². The number of anilines is 1. The summed E-state index contributed by atoms with van der Waals surface area (Å²) in [6, 6.07) is 0. The number of aldehydes is 1. The first kappa shape index (κ1) is 25.1. The van der Waals surface area contributed by atoms with Crippen LogP contribution in [0.2, 0.25) is 5.15 Å². The average Bonchev–Trinajstić information content (AvgIpc) is 2.64. The van der Waals surface area contributed by atoms with E-state index in [-0.39, 0.29) is 29.5 Å². The zero-order chi connectivity index (χ0) is 22.7. The van der Waals surface area contributed by atoms with Crippen molar-refractivity contribution in [3.05, 3.63) is 20.9 Å². The van der Waals surface area contributed by atoms with Crippen LogP contribution in [-0.2, 0) is 14.3 Å². The third-order valence-electron chi connectivity index (χ3n) is 5.28. The molecular formula is C22H32BrClN2O4. The van der Waals surface area contributed by atoms with Gasteiger partial charge in [-0.2, -0.15) is 0 Å². The standard InChI is InChI=1S/C22H32BrClN2O4/c1-7-29-20(28)14(13-30-21(2,3)4)16-18(17(23)15(12-27)25-19(16)24)26-10-8-22(5,6)9-11-26/h12,14H,7-11,13H2,1-6H3/t14-/m0/s1. The average molecular weight is 504 g/mol. The SMILES string of the molecule is CCOC(=O)[C@@H](COC(C)(C)C)c1c(Cl)nc(C=O)c(Br)c1N1CCC(C)(C)CC1. The van der Waals surface area contributed by atoms with Crippen molar-refractivity contribution in [1.82, 2.24) is 4.98 Å². The van der Waals surface area contributed by atoms with Gasteiger partial charge in [0, 0.05) is 18.7 Å². The number of carbonyl (C=O) groups excluding carboxylic acids is 2. The first-order valence-corrected chi connectivity index (χ1v) is 11.5. The molecule has 1 aromatic rings. The lowest BCUT2D eigenvalue weighted by molar-refractivity contribution is -0.148. The molecule has 0 aromatic carbocycles. The molecule has 0 spiro atoms. The Morgan fingerprint density at radius 1 is 1.33 bits per heavy atom. The summed E-state index contributed by atoms with van der Waals surface area (Å²) in [5.74, 6) is -1.18. The normalized spacial score (nSPS) is 17.5. The van der Waals surface area contributed by atoms with Gasteiger partial charge in [-0.1, -0.05) is 25.4 Å². The number of aromatic nitrogens is 1. The Kier molecular flexibility index (Phi) is 8.33. The smallest absolute Gasteiger partial charge is 0.315 e. The molecule has 0 bridgehead atoms. The number of pyridine rings is 1. The molecule has 6 nitrogen and oxygen atoms in total. The molecule has 2 heterocycles. The lowest BCUT2D eigenvalue weighted by atomic mass is 9.82. The second kappa shape index (κ2) is 9.96. The van der Waals surface area contributed by atoms with Gasteiger partial charge in [0.25, 0.3) is 0 Å². The molecule has 0 radical (unpaired) electrons. The zero-order valence-corrected chi connectivity index (χ0v) is 21.0. The molecule has 168 valence electrons. The third kappa shape index (κ3) is 6.17. The molecule has 2 rings (SSSR count). The van der Waals surface area contributed by atoms with Gasteiger partial charge in [-0.3, -0.25) is 9.59 Å². The second-order valence-corrected chi connectivity index (χ2v) is 10.5. The second-order valence-electron chi connectivity index (χ2n) is 9.36. The van der Waals surface area contributed by atoms with Crippen molar-refractivity contribution in [2.24, 2.45) is 5.41 Å². The molecule has 0 amide bonds. The number of ether oxygens (including phenoxy) is 2. The number of hydrogen-bond acceptors (Lipinski definition) is 6. The molecule has 1 aliphatic heterocycles. The van der Waals surface area contributed by atoms with Crippen molar-refractivity contribution in [3.63, 3.8) is 0 Å². The Morgan fingerprint density at radius 2 is 1.93 bits per heavy atom. The summed E-state index contributed by atoms with van der Waals surface area (Å²) in [6.45, 7) is 13.9. The van der Waals surface area contributed by atoms with Crippen molar-refractivity contribution >= 4 is 45.5 Å². The molecule has 1 aliphatic rings. The van der Waals surface area contributed by atoms with E-state index >= 15 is 0 Å². The molecule has 1 saturated heterocycles. The fourth-order valence-electron chi connectivity index (χ4n) is 3.43. The van der Waals surface area contributed by atoms with Crippen LogP contribution in [0.25, 0.3) is 0 Å². The summed E-state index contributed by atoms with van der Waals surface area (Å²) in [5.41, 5.74) is 1.27. The van der Waals surface area contributed by atoms with Gasteiger partial charge in [-0.05, 0) is 61.9 Å². The first-order valence-electron chi connectivity index (χ1n) is 10.3. The van der Waals surface area contributed by atoms with Crippen molar-refractivity contribution in [3.8, 4) is 0 Å². The van der Waals surface area contributed by atoms with Crippen molar-refractivity contribution in [2.75, 3.05) is 31.2 Å². The van der Waals surface area contributed by atoms with Gasteiger partial charge in [0.15, 0.2) is 6.29 Å². The largest absolute Gasteiger partial charge is 0.465 e. The van der Waals surface area contributed by atoms with Crippen LogP contribution in [0.15, 0.2) is 4.47 Å². The van der Waals surface area contributed by atoms with Crippen LogP contribution in [0.5, 0.6) is 0 Å². The van der Waals surface area contributed by atoms with Crippen LogP contribution >= 0.6 is 27.5 Å². The highest BCUT2D eigenvalue weighted by Crippen LogP contribution is 2.43. The number of nitrogens with zero attached hydrogens (tertiary/aromatic N) is 2. The van der Waals surface area contributed by atoms with Crippen LogP contribution in [0.1, 0.15) is 76.4 Å². The highest BCUT2D eigenvalue weighted by atomic mass is 79.9. The van der Waals surface area contributed by atoms with Crippen LogP contribution < -0.4 is 4.90 Å². The van der Waals surface area contributed by atoms with Gasteiger partial charge < -0.3 is 14.4 Å². The number of hydrogen-bond donors (Lipinski definition) is 0. The number of halogens is 2. The molecule has 0 aliphatic carbocycles. The van der Waals surface area contributed by atoms with Crippen LogP contribution in [0, 0.1) is 5.41 Å². The Hall–Kier alpha value is -1.18. The quantitative estimate of drug-likeness (QED) is 0.282. The van der Waals surface area contributed by atoms with E-state index in [0.29, 0.717) is 16.3 Å². The predicted octanol–water partition coefficient (Wildman–Crippen LogP) is 5.40. The van der Waals surface area contributed by atoms with E-state index < -0.39 is 17.5 Å². The van der Waals surface area contributed by atoms with E-state index in [9.17, 15) is 9.59 Å². The number of esters is 1. The van der Waals surface area contributed by atoms with E-state index in [1.165, 1.54) is 0 Å². The van der Waals surface area contributed by atoms with Gasteiger partial charge >= 0.3 is 5.97 Å². The Morgan fingerprint density at radius 3 is 2.43 bits per heavy atom. The minimum Gasteiger partial charge on any atom is -0.465 e. The van der Waals surface area contributed by atoms with Gasteiger partial charge in [-0.15, -0.1) is 0 Å². The molecule has 30 heavy (non-hydrogen) atoms. The number of rotatable bonds is 7. The van der Waals surface area contributed by atoms with Gasteiger partial charge in [0.05, 0.1) is 29.0 Å². The maximum absolute atomic E-state index is 12.9. The van der Waals surface area contributed by atoms with E-state index in [0.717, 1.165) is 31.6 Å². The zero-order valence-electron chi connectivity index (χ0n) is 18.7. The highest BCUT2D eigenvalue weighted by molar-refractivity contribution is 9.10. The Labute approximate surface area is 192 Å². The fraction of sp³-hybridized carbons (Fsp3) is 0.682. The van der Waals surface area contributed by atoms with Crippen molar-refractivity contribution in [1.29, 1.82) is 0 Å². The van der Waals surface area contributed by atoms with Gasteiger partial charge in [-0.25, -0.2) is 4.98 Å². The predicted molar refractivity (Wildman–Crippen MR) is 123 cm³/mol. The molecule has 0 unspecified atom stereocenters. The molecule has 0 saturated carbocycles. The summed E-state index contributed by atoms with van der Waals surface area (Å²) in [5, 5.41) is 0.121. The van der Waals surface area contributed by atoms with Crippen molar-refractivity contribution < 1.29 is 19.1 Å². The van der Waals surface area contributed by atoms with Gasteiger partial charge in [0.2, 0.25) is 0 Å². The monoisotopic (exact) mass is 502 g/mol. The summed E-state index contributed by atoms with van der Waals surface area (Å²) in [7, 11) is 0. The minimum atomic E-state index is -0.758. The summed E-state index contributed by atoms with van der Waals surface area (Å²) in [6.07, 6.45) is 2.64. The van der Waals surface area contributed by atoms with Crippen LogP contribution in [-0.4, -0.2) is 49.1 Å². The maximum atomic E-state index is 12.9. The molecule has 1 atom stereocenters. The summed E-state index contributed by atoms with van der Waals surface area (Å²) >= 11 is 10.1. The van der Waals surface area contributed by atoms with E-state index in [4.69, 9.17) is 21.1 Å². The maximum Gasteiger partial charge on any atom is 0.315 e. The Bertz CT molecular complexity index is 782. The third-order valence-corrected chi connectivity index (χ3v) is 6.35. The number of carbonyl (C=O) groups is 2. The first-order chi connectivity index (χ1) is 13.9. The summed E-state index contributed by atoms with van der Waals surface area (Å²) < 4.78 is 11.8. The molecule has 0 N–H and O–H groups in total. The van der Waals surface area contributed by atoms with Crippen molar-refractivity contribution in [2.45, 2.75) is 65.9 Å². The molecule has 1 aromatic heterocycles. The Balaban J connectivity index is 2.60. The van der Waals surface area contributed by atoms with Crippen LogP contribution in [0.3, 0.4) is 0 Å². The molecule has 1 fully saturated rings. The molecule has 8 heteroatoms. The molecular weight excluding hydrogens is 472 g/mol. The van der Waals surface area contributed by atoms with E-state index in [2.05, 4.69) is 39.7 Å². The van der Waals surface area contributed by atoms with Gasteiger partial charge in [0.1, 0.15) is 16.8 Å². The summed E-state index contributed by atoms with van der Waals surface area (Å²) in [4.78, 5) is 30.9. The van der Waals surface area contributed by atoms with E-state index in [1.807, 2.05) is 20.8 Å².